The molecule has 0 aliphatic carbocycles. The van der Waals surface area contributed by atoms with Gasteiger partial charge in [0.25, 0.3) is 5.91 Å². The van der Waals surface area contributed by atoms with Crippen molar-refractivity contribution in [3.05, 3.63) is 23.8 Å². The van der Waals surface area contributed by atoms with Gasteiger partial charge in [0.15, 0.2) is 0 Å². The molecular weight excluding hydrogens is 354 g/mol. The van der Waals surface area contributed by atoms with Crippen LogP contribution in [0.25, 0.3) is 0 Å². The lowest BCUT2D eigenvalue weighted by Gasteiger charge is -2.22. The molecule has 2 aliphatic rings. The normalized spacial score (nSPS) is 23.0. The molecule has 2 aliphatic heterocycles. The number of hydrogen-bond donors (Lipinski definition) is 2. The molecule has 9 heteroatoms. The number of anilines is 1. The third-order valence-corrected chi connectivity index (χ3v) is 5.86. The summed E-state index contributed by atoms with van der Waals surface area (Å²) in [7, 11) is -2.17. The molecule has 0 radical (unpaired) electrons. The molecule has 7 nitrogen and oxygen atoms in total. The first-order valence-electron chi connectivity index (χ1n) is 7.69. The van der Waals surface area contributed by atoms with Crippen molar-refractivity contribution in [1.29, 1.82) is 0 Å². The van der Waals surface area contributed by atoms with Gasteiger partial charge < -0.3 is 15.4 Å². The average molecular weight is 376 g/mol. The molecule has 0 bridgehead atoms. The van der Waals surface area contributed by atoms with E-state index in [0.29, 0.717) is 31.6 Å². The molecule has 1 amide bonds. The van der Waals surface area contributed by atoms with Crippen LogP contribution in [0.1, 0.15) is 18.4 Å². The van der Waals surface area contributed by atoms with Crippen molar-refractivity contribution in [3.63, 3.8) is 0 Å². The van der Waals surface area contributed by atoms with Crippen LogP contribution in [0.2, 0.25) is 0 Å². The molecule has 0 spiro atoms. The van der Waals surface area contributed by atoms with E-state index in [4.69, 9.17) is 10.5 Å². The van der Waals surface area contributed by atoms with E-state index >= 15 is 0 Å². The van der Waals surface area contributed by atoms with E-state index in [1.54, 1.807) is 23.1 Å². The van der Waals surface area contributed by atoms with Crippen molar-refractivity contribution in [2.24, 2.45) is 5.73 Å². The lowest BCUT2D eigenvalue weighted by atomic mass is 10.1. The van der Waals surface area contributed by atoms with Gasteiger partial charge in [-0.2, -0.15) is 0 Å². The average Bonchev–Trinajstić information content (AvgIpc) is 3.20. The molecule has 0 unspecified atom stereocenters. The van der Waals surface area contributed by atoms with Crippen molar-refractivity contribution >= 4 is 34.0 Å². The summed E-state index contributed by atoms with van der Waals surface area (Å²) >= 11 is 0. The Labute approximate surface area is 148 Å². The number of nitrogens with one attached hydrogen (secondary N) is 1. The largest absolute Gasteiger partial charge is 0.364 e. The predicted molar refractivity (Wildman–Crippen MR) is 92.9 cm³/mol. The van der Waals surface area contributed by atoms with Gasteiger partial charge >= 0.3 is 0 Å². The standard InChI is InChI=1S/C15H21N3O4S.ClH/c1-17-23(20,21)12-4-2-10-6-7-18(13(10)8-12)15(19)14-5-3-11(9-16)22-14;/h2,4,8,11,14,17H,3,5-7,9,16H2,1H3;1H/t11-,14+;/m1./s1. The van der Waals surface area contributed by atoms with Crippen LogP contribution in [-0.2, 0) is 26.0 Å². The fraction of sp³-hybridized carbons (Fsp3) is 0.533. The Kier molecular flexibility index (Phi) is 5.87. The van der Waals surface area contributed by atoms with E-state index < -0.39 is 16.1 Å². The first-order chi connectivity index (χ1) is 11.0. The summed E-state index contributed by atoms with van der Waals surface area (Å²) in [5.74, 6) is -0.112. The summed E-state index contributed by atoms with van der Waals surface area (Å²) < 4.78 is 31.9. The van der Waals surface area contributed by atoms with Gasteiger partial charge in [-0.15, -0.1) is 12.4 Å². The fourth-order valence-electron chi connectivity index (χ4n) is 3.11. The molecule has 134 valence electrons. The SMILES string of the molecule is CNS(=O)(=O)c1ccc2c(c1)N(C(=O)[C@@H]1CC[C@H](CN)O1)CC2.Cl. The van der Waals surface area contributed by atoms with Crippen molar-refractivity contribution in [1.82, 2.24) is 4.72 Å². The maximum Gasteiger partial charge on any atom is 0.256 e. The van der Waals surface area contributed by atoms with Crippen LogP contribution in [0.4, 0.5) is 5.69 Å². The molecule has 0 saturated carbocycles. The van der Waals surface area contributed by atoms with Gasteiger partial charge in [-0.25, -0.2) is 13.1 Å². The quantitative estimate of drug-likeness (QED) is 0.793. The number of rotatable bonds is 4. The van der Waals surface area contributed by atoms with Gasteiger partial charge in [0.2, 0.25) is 10.0 Å². The maximum atomic E-state index is 12.7. The van der Waals surface area contributed by atoms with E-state index in [9.17, 15) is 13.2 Å². The van der Waals surface area contributed by atoms with Crippen molar-refractivity contribution < 1.29 is 17.9 Å². The van der Waals surface area contributed by atoms with Gasteiger partial charge in [-0.05, 0) is 44.0 Å². The lowest BCUT2D eigenvalue weighted by Crippen LogP contribution is -2.38. The van der Waals surface area contributed by atoms with E-state index in [-0.39, 0.29) is 29.3 Å². The zero-order valence-electron chi connectivity index (χ0n) is 13.4. The predicted octanol–water partition coefficient (Wildman–Crippen LogP) is 0.412. The van der Waals surface area contributed by atoms with Crippen LogP contribution in [0.3, 0.4) is 0 Å². The number of sulfonamides is 1. The molecule has 1 aromatic rings. The second-order valence-corrected chi connectivity index (χ2v) is 7.68. The second-order valence-electron chi connectivity index (χ2n) is 5.80. The molecule has 24 heavy (non-hydrogen) atoms. The highest BCUT2D eigenvalue weighted by Gasteiger charge is 2.36. The monoisotopic (exact) mass is 375 g/mol. The first-order valence-corrected chi connectivity index (χ1v) is 9.18. The fourth-order valence-corrected chi connectivity index (χ4v) is 3.86. The third kappa shape index (κ3) is 3.43. The van der Waals surface area contributed by atoms with Crippen LogP contribution in [-0.4, -0.2) is 46.7 Å². The molecule has 1 saturated heterocycles. The summed E-state index contributed by atoms with van der Waals surface area (Å²) in [4.78, 5) is 14.5. The number of carbonyl (C=O) groups is 1. The molecular formula is C15H22ClN3O4S. The number of benzene rings is 1. The highest BCUT2D eigenvalue weighted by atomic mass is 35.5. The van der Waals surface area contributed by atoms with E-state index in [1.807, 2.05) is 0 Å². The van der Waals surface area contributed by atoms with Gasteiger partial charge in [-0.3, -0.25) is 4.79 Å². The maximum absolute atomic E-state index is 12.7. The number of halogens is 1. The summed E-state index contributed by atoms with van der Waals surface area (Å²) in [6.45, 7) is 0.954. The summed E-state index contributed by atoms with van der Waals surface area (Å²) in [5.41, 5.74) is 7.22. The van der Waals surface area contributed by atoms with Gasteiger partial charge in [0.1, 0.15) is 6.10 Å². The zero-order valence-corrected chi connectivity index (χ0v) is 15.0. The van der Waals surface area contributed by atoms with E-state index in [1.165, 1.54) is 7.05 Å². The highest BCUT2D eigenvalue weighted by molar-refractivity contribution is 7.89. The van der Waals surface area contributed by atoms with Crippen molar-refractivity contribution in [2.45, 2.75) is 36.4 Å². The van der Waals surface area contributed by atoms with Crippen molar-refractivity contribution in [3.8, 4) is 0 Å². The number of ether oxygens (including phenoxy) is 1. The second kappa shape index (κ2) is 7.37. The van der Waals surface area contributed by atoms with Crippen LogP contribution >= 0.6 is 12.4 Å². The minimum Gasteiger partial charge on any atom is -0.364 e. The summed E-state index contributed by atoms with van der Waals surface area (Å²) in [5, 5.41) is 0. The van der Waals surface area contributed by atoms with E-state index in [2.05, 4.69) is 4.72 Å². The smallest absolute Gasteiger partial charge is 0.256 e. The number of hydrogen-bond acceptors (Lipinski definition) is 5. The molecule has 1 aromatic carbocycles. The number of amides is 1. The molecule has 1 fully saturated rings. The molecule has 0 aromatic heterocycles. The summed E-state index contributed by atoms with van der Waals surface area (Å²) in [6, 6.07) is 4.89. The minimum absolute atomic E-state index is 0. The Morgan fingerprint density at radius 3 is 2.79 bits per heavy atom. The molecule has 3 N–H and O–H groups in total. The van der Waals surface area contributed by atoms with Crippen LogP contribution < -0.4 is 15.4 Å². The summed E-state index contributed by atoms with van der Waals surface area (Å²) in [6.07, 6.45) is 1.60. The first kappa shape index (κ1) is 19.1. The van der Waals surface area contributed by atoms with Gasteiger partial charge in [0, 0.05) is 18.8 Å². The van der Waals surface area contributed by atoms with Gasteiger partial charge in [-0.1, -0.05) is 6.07 Å². The Bertz CT molecular complexity index is 725. The van der Waals surface area contributed by atoms with E-state index in [0.717, 1.165) is 12.0 Å². The highest BCUT2D eigenvalue weighted by Crippen LogP contribution is 2.32. The Balaban J connectivity index is 0.00000208. The zero-order chi connectivity index (χ0) is 16.6. The van der Waals surface area contributed by atoms with Crippen LogP contribution in [0.5, 0.6) is 0 Å². The van der Waals surface area contributed by atoms with Gasteiger partial charge in [0.05, 0.1) is 11.0 Å². The molecule has 2 atom stereocenters. The molecule has 2 heterocycles. The van der Waals surface area contributed by atoms with Crippen LogP contribution in [0, 0.1) is 0 Å². The lowest BCUT2D eigenvalue weighted by molar-refractivity contribution is -0.129. The topological polar surface area (TPSA) is 102 Å². The third-order valence-electron chi connectivity index (χ3n) is 4.44. The Hall–Kier alpha value is -1.19. The van der Waals surface area contributed by atoms with Crippen molar-refractivity contribution in [2.75, 3.05) is 25.0 Å². The molecule has 3 rings (SSSR count). The number of carbonyl (C=O) groups excluding carboxylic acids is 1. The number of nitrogens with zero attached hydrogens (tertiary/aromatic N) is 1. The minimum atomic E-state index is -3.54. The Morgan fingerprint density at radius 2 is 2.17 bits per heavy atom. The number of nitrogens with two attached hydrogens (primary N) is 1. The Morgan fingerprint density at radius 1 is 1.42 bits per heavy atom. The number of fused-ring (bicyclic) bond motifs is 1. The van der Waals surface area contributed by atoms with Crippen LogP contribution in [0.15, 0.2) is 23.1 Å².